The maximum atomic E-state index is 14.0. The molecule has 0 N–H and O–H groups in total. The molecule has 0 radical (unpaired) electrons. The van der Waals surface area contributed by atoms with Crippen LogP contribution in [0.2, 0.25) is 5.02 Å². The van der Waals surface area contributed by atoms with Gasteiger partial charge in [0.15, 0.2) is 0 Å². The van der Waals surface area contributed by atoms with Crippen molar-refractivity contribution in [2.24, 2.45) is 5.92 Å². The molecular formula is C24H24ClFN4O3. The van der Waals surface area contributed by atoms with Crippen molar-refractivity contribution in [2.75, 3.05) is 11.4 Å². The quantitative estimate of drug-likeness (QED) is 0.525. The Bertz CT molecular complexity index is 1180. The molecule has 3 aromatic rings. The van der Waals surface area contributed by atoms with Crippen molar-refractivity contribution in [1.82, 2.24) is 15.1 Å². The van der Waals surface area contributed by atoms with Gasteiger partial charge in [0.05, 0.1) is 12.5 Å². The molecular weight excluding hydrogens is 447 g/mol. The highest BCUT2D eigenvalue weighted by Gasteiger charge is 2.38. The Labute approximate surface area is 196 Å². The van der Waals surface area contributed by atoms with E-state index in [9.17, 15) is 14.0 Å². The normalized spacial score (nSPS) is 16.0. The zero-order chi connectivity index (χ0) is 23.7. The third-order valence-corrected chi connectivity index (χ3v) is 5.96. The number of rotatable bonds is 6. The van der Waals surface area contributed by atoms with Crippen LogP contribution in [0.5, 0.6) is 0 Å². The molecule has 2 heterocycles. The summed E-state index contributed by atoms with van der Waals surface area (Å²) in [5.41, 5.74) is 1.68. The molecule has 1 fully saturated rings. The van der Waals surface area contributed by atoms with Crippen LogP contribution in [-0.4, -0.2) is 39.5 Å². The molecule has 1 aliphatic heterocycles. The maximum Gasteiger partial charge on any atom is 0.247 e. The molecule has 7 nitrogen and oxygen atoms in total. The third kappa shape index (κ3) is 4.90. The summed E-state index contributed by atoms with van der Waals surface area (Å²) in [6.45, 7) is 5.76. The van der Waals surface area contributed by atoms with E-state index in [4.69, 9.17) is 16.0 Å². The molecule has 2 amide bonds. The highest BCUT2D eigenvalue weighted by atomic mass is 35.5. The summed E-state index contributed by atoms with van der Waals surface area (Å²) in [5, 5.41) is 8.75. The van der Waals surface area contributed by atoms with E-state index in [0.717, 1.165) is 5.56 Å². The van der Waals surface area contributed by atoms with Crippen LogP contribution in [0.1, 0.15) is 31.7 Å². The first-order valence-corrected chi connectivity index (χ1v) is 11.1. The lowest BCUT2D eigenvalue weighted by molar-refractivity contribution is -0.138. The number of hydrogen-bond acceptors (Lipinski definition) is 5. The van der Waals surface area contributed by atoms with Gasteiger partial charge in [-0.1, -0.05) is 17.7 Å². The van der Waals surface area contributed by atoms with Crippen molar-refractivity contribution >= 4 is 29.1 Å². The molecule has 1 saturated heterocycles. The average Bonchev–Trinajstić information content (AvgIpc) is 3.41. The van der Waals surface area contributed by atoms with Crippen LogP contribution in [0, 0.1) is 18.7 Å². The van der Waals surface area contributed by atoms with Crippen LogP contribution >= 0.6 is 11.6 Å². The van der Waals surface area contributed by atoms with Gasteiger partial charge in [0.25, 0.3) is 0 Å². The van der Waals surface area contributed by atoms with Crippen LogP contribution in [0.3, 0.4) is 0 Å². The Hall–Kier alpha value is -3.26. The molecule has 172 valence electrons. The second kappa shape index (κ2) is 9.31. The molecule has 1 atom stereocenters. The molecule has 0 saturated carbocycles. The SMILES string of the molecule is Cc1ccc(N2CC(C(=O)N(Cc3nnc(-c4ccc(Cl)cc4)o3)C(C)C)CC2=O)cc1F. The Balaban J connectivity index is 1.48. The Morgan fingerprint density at radius 1 is 1.24 bits per heavy atom. The van der Waals surface area contributed by atoms with Crippen molar-refractivity contribution in [3.63, 3.8) is 0 Å². The standard InChI is InChI=1S/C24H24ClFN4O3/c1-14(2)29(13-21-27-28-23(33-21)16-5-7-18(25)8-6-16)24(32)17-10-22(31)30(12-17)19-9-4-15(3)20(26)11-19/h4-9,11,14,17H,10,12-13H2,1-3H3. The lowest BCUT2D eigenvalue weighted by atomic mass is 10.1. The summed E-state index contributed by atoms with van der Waals surface area (Å²) in [5.74, 6) is -0.678. The van der Waals surface area contributed by atoms with Gasteiger partial charge in [-0.15, -0.1) is 10.2 Å². The first-order valence-electron chi connectivity index (χ1n) is 10.7. The summed E-state index contributed by atoms with van der Waals surface area (Å²) in [6, 6.07) is 11.5. The molecule has 0 spiro atoms. The molecule has 2 aromatic carbocycles. The number of benzene rings is 2. The van der Waals surface area contributed by atoms with Crippen LogP contribution in [-0.2, 0) is 16.1 Å². The molecule has 9 heteroatoms. The van der Waals surface area contributed by atoms with Gasteiger partial charge >= 0.3 is 0 Å². The van der Waals surface area contributed by atoms with E-state index < -0.39 is 5.92 Å². The smallest absolute Gasteiger partial charge is 0.247 e. The van der Waals surface area contributed by atoms with Crippen molar-refractivity contribution < 1.29 is 18.4 Å². The zero-order valence-electron chi connectivity index (χ0n) is 18.6. The molecule has 33 heavy (non-hydrogen) atoms. The van der Waals surface area contributed by atoms with E-state index in [-0.39, 0.29) is 43.2 Å². The van der Waals surface area contributed by atoms with Crippen LogP contribution in [0.25, 0.3) is 11.5 Å². The Kier molecular flexibility index (Phi) is 6.47. The van der Waals surface area contributed by atoms with Crippen LogP contribution < -0.4 is 4.90 Å². The first kappa shape index (κ1) is 22.9. The van der Waals surface area contributed by atoms with Gasteiger partial charge in [0.1, 0.15) is 5.82 Å². The summed E-state index contributed by atoms with van der Waals surface area (Å²) in [7, 11) is 0. The van der Waals surface area contributed by atoms with Crippen molar-refractivity contribution in [3.8, 4) is 11.5 Å². The average molecular weight is 471 g/mol. The van der Waals surface area contributed by atoms with E-state index in [2.05, 4.69) is 10.2 Å². The molecule has 4 rings (SSSR count). The predicted octanol–water partition coefficient (Wildman–Crippen LogP) is 4.63. The van der Waals surface area contributed by atoms with Crippen molar-refractivity contribution in [3.05, 3.63) is 64.8 Å². The molecule has 1 aromatic heterocycles. The van der Waals surface area contributed by atoms with Gasteiger partial charge in [-0.3, -0.25) is 9.59 Å². The van der Waals surface area contributed by atoms with Crippen molar-refractivity contribution in [2.45, 2.75) is 39.8 Å². The Morgan fingerprint density at radius 2 is 1.97 bits per heavy atom. The first-order chi connectivity index (χ1) is 15.7. The number of hydrogen-bond donors (Lipinski definition) is 0. The summed E-state index contributed by atoms with van der Waals surface area (Å²) < 4.78 is 19.8. The molecule has 1 aliphatic rings. The lowest BCUT2D eigenvalue weighted by Crippen LogP contribution is -2.41. The predicted molar refractivity (Wildman–Crippen MR) is 122 cm³/mol. The van der Waals surface area contributed by atoms with Gasteiger partial charge in [-0.25, -0.2) is 4.39 Å². The fourth-order valence-electron chi connectivity index (χ4n) is 3.79. The van der Waals surface area contributed by atoms with Gasteiger partial charge in [0.2, 0.25) is 23.6 Å². The minimum absolute atomic E-state index is 0.0669. The van der Waals surface area contributed by atoms with E-state index in [1.54, 1.807) is 48.2 Å². The summed E-state index contributed by atoms with van der Waals surface area (Å²) in [6.07, 6.45) is 0.0669. The lowest BCUT2D eigenvalue weighted by Gasteiger charge is -2.28. The second-order valence-electron chi connectivity index (χ2n) is 8.41. The number of aromatic nitrogens is 2. The second-order valence-corrected chi connectivity index (χ2v) is 8.84. The zero-order valence-corrected chi connectivity index (χ0v) is 19.3. The van der Waals surface area contributed by atoms with Gasteiger partial charge in [0, 0.05) is 35.3 Å². The van der Waals surface area contributed by atoms with Gasteiger partial charge in [-0.05, 0) is 62.7 Å². The van der Waals surface area contributed by atoms with E-state index in [1.807, 2.05) is 13.8 Å². The highest BCUT2D eigenvalue weighted by molar-refractivity contribution is 6.30. The topological polar surface area (TPSA) is 79.5 Å². The minimum atomic E-state index is -0.539. The third-order valence-electron chi connectivity index (χ3n) is 5.71. The molecule has 0 aliphatic carbocycles. The number of amides is 2. The van der Waals surface area contributed by atoms with E-state index in [1.165, 1.54) is 11.0 Å². The highest BCUT2D eigenvalue weighted by Crippen LogP contribution is 2.29. The number of aryl methyl sites for hydroxylation is 1. The fraction of sp³-hybridized carbons (Fsp3) is 0.333. The minimum Gasteiger partial charge on any atom is -0.419 e. The number of carbonyl (C=O) groups excluding carboxylic acids is 2. The summed E-state index contributed by atoms with van der Waals surface area (Å²) in [4.78, 5) is 29.0. The number of halogens is 2. The number of carbonyl (C=O) groups is 2. The fourth-order valence-corrected chi connectivity index (χ4v) is 3.92. The van der Waals surface area contributed by atoms with E-state index in [0.29, 0.717) is 28.1 Å². The van der Waals surface area contributed by atoms with Crippen molar-refractivity contribution in [1.29, 1.82) is 0 Å². The van der Waals surface area contributed by atoms with Gasteiger partial charge in [-0.2, -0.15) is 0 Å². The maximum absolute atomic E-state index is 14.0. The van der Waals surface area contributed by atoms with Crippen LogP contribution in [0.15, 0.2) is 46.9 Å². The molecule has 1 unspecified atom stereocenters. The number of anilines is 1. The molecule has 0 bridgehead atoms. The van der Waals surface area contributed by atoms with Gasteiger partial charge < -0.3 is 14.2 Å². The van der Waals surface area contributed by atoms with Crippen LogP contribution in [0.4, 0.5) is 10.1 Å². The summed E-state index contributed by atoms with van der Waals surface area (Å²) >= 11 is 5.92. The number of nitrogens with zero attached hydrogens (tertiary/aromatic N) is 4. The van der Waals surface area contributed by atoms with E-state index >= 15 is 0 Å². The monoisotopic (exact) mass is 470 g/mol. The largest absolute Gasteiger partial charge is 0.419 e. The Morgan fingerprint density at radius 3 is 2.64 bits per heavy atom.